The van der Waals surface area contributed by atoms with Gasteiger partial charge in [0.05, 0.1) is 0 Å². The Bertz CT molecular complexity index is 319. The van der Waals surface area contributed by atoms with Gasteiger partial charge in [0, 0.05) is 0 Å². The fourth-order valence-corrected chi connectivity index (χ4v) is 2.38. The number of hydrogen-bond donors (Lipinski definition) is 1. The van der Waals surface area contributed by atoms with E-state index in [1.165, 1.54) is 17.5 Å². The standard InChI is InChI=1S/C13H19N/c1-9-5-3-4-6-11(9)13-7-12(13)10(2)8-14/h3-6,10,12-13H,7-8,14H2,1-2H3. The molecule has 1 saturated carbocycles. The summed E-state index contributed by atoms with van der Waals surface area (Å²) in [5.74, 6) is 2.30. The summed E-state index contributed by atoms with van der Waals surface area (Å²) in [4.78, 5) is 0. The van der Waals surface area contributed by atoms with E-state index in [4.69, 9.17) is 5.73 Å². The summed E-state index contributed by atoms with van der Waals surface area (Å²) in [7, 11) is 0. The molecule has 2 N–H and O–H groups in total. The SMILES string of the molecule is Cc1ccccc1C1CC1C(C)CN. The molecule has 0 aromatic heterocycles. The molecule has 0 spiro atoms. The van der Waals surface area contributed by atoms with Gasteiger partial charge in [-0.05, 0) is 48.8 Å². The van der Waals surface area contributed by atoms with Crippen molar-refractivity contribution in [2.24, 2.45) is 17.6 Å². The van der Waals surface area contributed by atoms with Crippen LogP contribution in [0.15, 0.2) is 24.3 Å². The number of aryl methyl sites for hydroxylation is 1. The van der Waals surface area contributed by atoms with Crippen molar-refractivity contribution >= 4 is 0 Å². The Balaban J connectivity index is 2.10. The maximum atomic E-state index is 5.69. The van der Waals surface area contributed by atoms with Crippen molar-refractivity contribution in [1.82, 2.24) is 0 Å². The summed E-state index contributed by atoms with van der Waals surface area (Å²) in [6.45, 7) is 5.30. The van der Waals surface area contributed by atoms with Gasteiger partial charge in [-0.15, -0.1) is 0 Å². The summed E-state index contributed by atoms with van der Waals surface area (Å²) in [6, 6.07) is 8.73. The minimum atomic E-state index is 0.680. The molecule has 3 atom stereocenters. The summed E-state index contributed by atoms with van der Waals surface area (Å²) in [5.41, 5.74) is 8.67. The molecule has 3 unspecified atom stereocenters. The predicted octanol–water partition coefficient (Wildman–Crippen LogP) is 2.69. The predicted molar refractivity (Wildman–Crippen MR) is 60.2 cm³/mol. The van der Waals surface area contributed by atoms with Crippen LogP contribution in [0.2, 0.25) is 0 Å². The van der Waals surface area contributed by atoms with Crippen LogP contribution >= 0.6 is 0 Å². The second-order valence-electron chi connectivity index (χ2n) is 4.58. The Morgan fingerprint density at radius 3 is 2.79 bits per heavy atom. The van der Waals surface area contributed by atoms with Crippen molar-refractivity contribution in [1.29, 1.82) is 0 Å². The average Bonchev–Trinajstić information content (AvgIpc) is 2.97. The molecule has 76 valence electrons. The first-order valence-electron chi connectivity index (χ1n) is 5.49. The lowest BCUT2D eigenvalue weighted by atomic mass is 9.98. The van der Waals surface area contributed by atoms with Crippen LogP contribution in [0.3, 0.4) is 0 Å². The molecule has 1 aliphatic carbocycles. The van der Waals surface area contributed by atoms with Crippen molar-refractivity contribution in [3.05, 3.63) is 35.4 Å². The first-order chi connectivity index (χ1) is 6.74. The van der Waals surface area contributed by atoms with Gasteiger partial charge in [-0.1, -0.05) is 31.2 Å². The van der Waals surface area contributed by atoms with Crippen LogP contribution in [0.5, 0.6) is 0 Å². The van der Waals surface area contributed by atoms with E-state index in [-0.39, 0.29) is 0 Å². The van der Waals surface area contributed by atoms with Gasteiger partial charge in [0.25, 0.3) is 0 Å². The highest BCUT2D eigenvalue weighted by atomic mass is 14.6. The normalized spacial score (nSPS) is 27.4. The second-order valence-corrected chi connectivity index (χ2v) is 4.58. The van der Waals surface area contributed by atoms with Crippen molar-refractivity contribution in [3.8, 4) is 0 Å². The number of benzene rings is 1. The molecule has 1 heteroatoms. The van der Waals surface area contributed by atoms with E-state index in [2.05, 4.69) is 38.1 Å². The molecule has 0 radical (unpaired) electrons. The van der Waals surface area contributed by atoms with Gasteiger partial charge < -0.3 is 5.73 Å². The number of rotatable bonds is 3. The van der Waals surface area contributed by atoms with Crippen LogP contribution in [0, 0.1) is 18.8 Å². The highest BCUT2D eigenvalue weighted by Gasteiger charge is 2.41. The van der Waals surface area contributed by atoms with E-state index in [9.17, 15) is 0 Å². The molecule has 1 fully saturated rings. The second kappa shape index (κ2) is 3.74. The molecule has 1 aliphatic rings. The van der Waals surface area contributed by atoms with E-state index in [1.807, 2.05) is 0 Å². The van der Waals surface area contributed by atoms with Crippen molar-refractivity contribution < 1.29 is 0 Å². The van der Waals surface area contributed by atoms with Gasteiger partial charge in [-0.25, -0.2) is 0 Å². The summed E-state index contributed by atoms with van der Waals surface area (Å²) in [5, 5.41) is 0. The third kappa shape index (κ3) is 1.69. The van der Waals surface area contributed by atoms with E-state index in [0.717, 1.165) is 18.4 Å². The number of nitrogens with two attached hydrogens (primary N) is 1. The molecule has 0 saturated heterocycles. The fraction of sp³-hybridized carbons (Fsp3) is 0.538. The van der Waals surface area contributed by atoms with E-state index in [0.29, 0.717) is 5.92 Å². The van der Waals surface area contributed by atoms with Crippen LogP contribution in [0.4, 0.5) is 0 Å². The lowest BCUT2D eigenvalue weighted by Gasteiger charge is -2.08. The topological polar surface area (TPSA) is 26.0 Å². The van der Waals surface area contributed by atoms with Gasteiger partial charge in [-0.3, -0.25) is 0 Å². The van der Waals surface area contributed by atoms with Gasteiger partial charge in [0.1, 0.15) is 0 Å². The zero-order valence-corrected chi connectivity index (χ0v) is 9.03. The number of hydrogen-bond acceptors (Lipinski definition) is 1. The van der Waals surface area contributed by atoms with E-state index in [1.54, 1.807) is 0 Å². The smallest absolute Gasteiger partial charge is 0.00486 e. The molecule has 0 aliphatic heterocycles. The van der Waals surface area contributed by atoms with Gasteiger partial charge in [0.15, 0.2) is 0 Å². The quantitative estimate of drug-likeness (QED) is 0.777. The molecule has 14 heavy (non-hydrogen) atoms. The molecule has 1 aromatic rings. The Hall–Kier alpha value is -0.820. The van der Waals surface area contributed by atoms with Crippen LogP contribution in [-0.2, 0) is 0 Å². The zero-order valence-electron chi connectivity index (χ0n) is 9.03. The Kier molecular flexibility index (Phi) is 2.60. The lowest BCUT2D eigenvalue weighted by molar-refractivity contribution is 0.509. The van der Waals surface area contributed by atoms with E-state index >= 15 is 0 Å². The Morgan fingerprint density at radius 1 is 1.43 bits per heavy atom. The van der Waals surface area contributed by atoms with Gasteiger partial charge >= 0.3 is 0 Å². The van der Waals surface area contributed by atoms with E-state index < -0.39 is 0 Å². The third-order valence-corrected chi connectivity index (χ3v) is 3.53. The first kappa shape index (κ1) is 9.72. The Labute approximate surface area is 86.3 Å². The minimum absolute atomic E-state index is 0.680. The molecule has 1 nitrogen and oxygen atoms in total. The van der Waals surface area contributed by atoms with Crippen LogP contribution < -0.4 is 5.73 Å². The summed E-state index contributed by atoms with van der Waals surface area (Å²) < 4.78 is 0. The Morgan fingerprint density at radius 2 is 2.14 bits per heavy atom. The molecule has 0 amide bonds. The van der Waals surface area contributed by atoms with Crippen LogP contribution in [-0.4, -0.2) is 6.54 Å². The van der Waals surface area contributed by atoms with Crippen molar-refractivity contribution in [3.63, 3.8) is 0 Å². The first-order valence-corrected chi connectivity index (χ1v) is 5.49. The van der Waals surface area contributed by atoms with Crippen molar-refractivity contribution in [2.75, 3.05) is 6.54 Å². The lowest BCUT2D eigenvalue weighted by Crippen LogP contribution is -2.13. The molecule has 0 heterocycles. The average molecular weight is 189 g/mol. The van der Waals surface area contributed by atoms with Crippen molar-refractivity contribution in [2.45, 2.75) is 26.2 Å². The summed E-state index contributed by atoms with van der Waals surface area (Å²) >= 11 is 0. The fourth-order valence-electron chi connectivity index (χ4n) is 2.38. The largest absolute Gasteiger partial charge is 0.330 e. The van der Waals surface area contributed by atoms with Crippen LogP contribution in [0.1, 0.15) is 30.4 Å². The van der Waals surface area contributed by atoms with Crippen LogP contribution in [0.25, 0.3) is 0 Å². The molecular weight excluding hydrogens is 170 g/mol. The molecular formula is C13H19N. The highest BCUT2D eigenvalue weighted by molar-refractivity contribution is 5.33. The maximum Gasteiger partial charge on any atom is -0.00486 e. The maximum absolute atomic E-state index is 5.69. The highest BCUT2D eigenvalue weighted by Crippen LogP contribution is 2.52. The zero-order chi connectivity index (χ0) is 10.1. The molecule has 0 bridgehead atoms. The third-order valence-electron chi connectivity index (χ3n) is 3.53. The molecule has 2 rings (SSSR count). The monoisotopic (exact) mass is 189 g/mol. The minimum Gasteiger partial charge on any atom is -0.330 e. The molecule has 1 aromatic carbocycles. The van der Waals surface area contributed by atoms with Gasteiger partial charge in [-0.2, -0.15) is 0 Å². The summed E-state index contributed by atoms with van der Waals surface area (Å²) in [6.07, 6.45) is 1.34. The van der Waals surface area contributed by atoms with Gasteiger partial charge in [0.2, 0.25) is 0 Å².